The lowest BCUT2D eigenvalue weighted by molar-refractivity contribution is -0.377. The minimum atomic E-state index is -0.222. The van der Waals surface area contributed by atoms with Crippen LogP contribution in [0.3, 0.4) is 0 Å². The molecule has 1 aromatic carbocycles. The van der Waals surface area contributed by atoms with E-state index in [4.69, 9.17) is 9.47 Å². The number of nitrogens with zero attached hydrogens (tertiary/aromatic N) is 3. The van der Waals surface area contributed by atoms with Gasteiger partial charge in [0.25, 0.3) is 0 Å². The predicted octanol–water partition coefficient (Wildman–Crippen LogP) is 1.76. The van der Waals surface area contributed by atoms with Crippen molar-refractivity contribution in [1.29, 1.82) is 0 Å². The van der Waals surface area contributed by atoms with E-state index in [0.29, 0.717) is 6.42 Å². The van der Waals surface area contributed by atoms with Crippen LogP contribution in [0.2, 0.25) is 0 Å². The van der Waals surface area contributed by atoms with Gasteiger partial charge in [-0.15, -0.1) is 10.2 Å². The van der Waals surface area contributed by atoms with Crippen molar-refractivity contribution in [3.05, 3.63) is 42.0 Å². The van der Waals surface area contributed by atoms with Crippen LogP contribution in [-0.4, -0.2) is 32.5 Å². The van der Waals surface area contributed by atoms with Crippen molar-refractivity contribution in [1.82, 2.24) is 14.8 Å². The van der Waals surface area contributed by atoms with Crippen LogP contribution in [0.5, 0.6) is 5.75 Å². The second-order valence-corrected chi connectivity index (χ2v) is 4.95. The average Bonchev–Trinajstić information content (AvgIpc) is 2.81. The van der Waals surface area contributed by atoms with Crippen LogP contribution in [0.4, 0.5) is 0 Å². The number of aromatic hydroxyl groups is 1. The molecule has 1 N–H and O–H groups in total. The Bertz CT molecular complexity index is 576. The van der Waals surface area contributed by atoms with Gasteiger partial charge in [0.2, 0.25) is 0 Å². The molecule has 0 saturated carbocycles. The Kier molecular flexibility index (Phi) is 3.42. The highest BCUT2D eigenvalue weighted by molar-refractivity contribution is 5.31. The summed E-state index contributed by atoms with van der Waals surface area (Å²) in [7, 11) is 1.91. The molecule has 0 amide bonds. The highest BCUT2D eigenvalue weighted by atomic mass is 16.9. The van der Waals surface area contributed by atoms with Crippen molar-refractivity contribution in [2.24, 2.45) is 7.05 Å². The summed E-state index contributed by atoms with van der Waals surface area (Å²) in [5, 5.41) is 17.5. The number of phenolic OH excluding ortho intramolecular Hbond substituents is 1. The molecule has 1 aliphatic heterocycles. The van der Waals surface area contributed by atoms with Gasteiger partial charge in [-0.25, -0.2) is 0 Å². The topological polar surface area (TPSA) is 69.4 Å². The molecule has 0 radical (unpaired) electrons. The number of phenols is 1. The molecule has 0 bridgehead atoms. The summed E-state index contributed by atoms with van der Waals surface area (Å²) in [5.74, 6) is 1.11. The number of aryl methyl sites for hydroxylation is 1. The normalized spacial score (nSPS) is 23.3. The van der Waals surface area contributed by atoms with Gasteiger partial charge in [-0.2, -0.15) is 0 Å². The van der Waals surface area contributed by atoms with Crippen molar-refractivity contribution < 1.29 is 14.6 Å². The zero-order valence-corrected chi connectivity index (χ0v) is 11.4. The van der Waals surface area contributed by atoms with E-state index in [1.807, 2.05) is 30.7 Å². The molecule has 1 aromatic heterocycles. The van der Waals surface area contributed by atoms with Crippen molar-refractivity contribution in [3.8, 4) is 5.75 Å². The SMILES string of the molecule is CC1OC(CC(c2ccc(O)cc2)c2nncn2C)O1. The number of rotatable bonds is 4. The van der Waals surface area contributed by atoms with E-state index < -0.39 is 0 Å². The maximum absolute atomic E-state index is 9.42. The molecule has 3 rings (SSSR count). The van der Waals surface area contributed by atoms with Gasteiger partial charge < -0.3 is 19.1 Å². The molecule has 20 heavy (non-hydrogen) atoms. The molecular formula is C14H17N3O3. The minimum absolute atomic E-state index is 0.0144. The van der Waals surface area contributed by atoms with E-state index in [2.05, 4.69) is 10.2 Å². The Labute approximate surface area is 117 Å². The molecule has 1 unspecified atom stereocenters. The lowest BCUT2D eigenvalue weighted by atomic mass is 9.94. The van der Waals surface area contributed by atoms with Crippen LogP contribution in [-0.2, 0) is 16.5 Å². The third-order valence-electron chi connectivity index (χ3n) is 3.47. The fraction of sp³-hybridized carbons (Fsp3) is 0.429. The lowest BCUT2D eigenvalue weighted by Gasteiger charge is -2.35. The van der Waals surface area contributed by atoms with Crippen molar-refractivity contribution in [3.63, 3.8) is 0 Å². The third-order valence-corrected chi connectivity index (χ3v) is 3.47. The molecule has 2 heterocycles. The van der Waals surface area contributed by atoms with Gasteiger partial charge in [-0.1, -0.05) is 12.1 Å². The number of benzene rings is 1. The first-order valence-corrected chi connectivity index (χ1v) is 6.57. The van der Waals surface area contributed by atoms with Crippen molar-refractivity contribution in [2.75, 3.05) is 0 Å². The van der Waals surface area contributed by atoms with Crippen molar-refractivity contribution >= 4 is 0 Å². The Morgan fingerprint density at radius 2 is 2.00 bits per heavy atom. The van der Waals surface area contributed by atoms with E-state index in [1.54, 1.807) is 18.5 Å². The Morgan fingerprint density at radius 3 is 2.55 bits per heavy atom. The summed E-state index contributed by atoms with van der Waals surface area (Å²) in [5.41, 5.74) is 1.05. The molecule has 1 saturated heterocycles. The monoisotopic (exact) mass is 275 g/mol. The Balaban J connectivity index is 1.87. The van der Waals surface area contributed by atoms with Gasteiger partial charge >= 0.3 is 0 Å². The summed E-state index contributed by atoms with van der Waals surface area (Å²) in [6.07, 6.45) is 1.98. The summed E-state index contributed by atoms with van der Waals surface area (Å²) < 4.78 is 12.9. The molecular weight excluding hydrogens is 258 g/mol. The first-order valence-electron chi connectivity index (χ1n) is 6.57. The Morgan fingerprint density at radius 1 is 1.30 bits per heavy atom. The molecule has 0 aliphatic carbocycles. The van der Waals surface area contributed by atoms with E-state index >= 15 is 0 Å². The maximum Gasteiger partial charge on any atom is 0.164 e. The smallest absolute Gasteiger partial charge is 0.164 e. The zero-order chi connectivity index (χ0) is 14.1. The summed E-state index contributed by atoms with van der Waals surface area (Å²) in [6, 6.07) is 7.11. The maximum atomic E-state index is 9.42. The van der Waals surface area contributed by atoms with Gasteiger partial charge in [-0.05, 0) is 24.6 Å². The van der Waals surface area contributed by atoms with Gasteiger partial charge in [-0.3, -0.25) is 0 Å². The summed E-state index contributed by atoms with van der Waals surface area (Å²) >= 11 is 0. The van der Waals surface area contributed by atoms with Crippen LogP contribution in [0.15, 0.2) is 30.6 Å². The molecule has 1 fully saturated rings. The molecule has 1 aliphatic rings. The summed E-state index contributed by atoms with van der Waals surface area (Å²) in [4.78, 5) is 0. The van der Waals surface area contributed by atoms with Crippen LogP contribution in [0.1, 0.15) is 30.7 Å². The highest BCUT2D eigenvalue weighted by Crippen LogP contribution is 2.33. The molecule has 2 aromatic rings. The fourth-order valence-electron chi connectivity index (χ4n) is 2.45. The fourth-order valence-corrected chi connectivity index (χ4v) is 2.45. The standard InChI is InChI=1S/C14H17N3O3/c1-9-19-13(20-9)7-12(14-16-15-8-17(14)2)10-3-5-11(18)6-4-10/h3-6,8-9,12-13,18H,7H2,1-2H3. The number of hydrogen-bond acceptors (Lipinski definition) is 5. The third kappa shape index (κ3) is 2.52. The number of ether oxygens (including phenoxy) is 2. The van der Waals surface area contributed by atoms with E-state index in [0.717, 1.165) is 11.4 Å². The van der Waals surface area contributed by atoms with Gasteiger partial charge in [0.15, 0.2) is 12.6 Å². The predicted molar refractivity (Wildman–Crippen MR) is 71.0 cm³/mol. The number of hydrogen-bond donors (Lipinski definition) is 1. The van der Waals surface area contributed by atoms with Gasteiger partial charge in [0.1, 0.15) is 17.9 Å². The molecule has 106 valence electrons. The molecule has 0 spiro atoms. The largest absolute Gasteiger partial charge is 0.508 e. The first-order chi connectivity index (χ1) is 9.63. The second kappa shape index (κ2) is 5.22. The van der Waals surface area contributed by atoms with Crippen LogP contribution in [0.25, 0.3) is 0 Å². The summed E-state index contributed by atoms with van der Waals surface area (Å²) in [6.45, 7) is 1.87. The van der Waals surface area contributed by atoms with E-state index in [-0.39, 0.29) is 24.2 Å². The average molecular weight is 275 g/mol. The second-order valence-electron chi connectivity index (χ2n) is 4.95. The quantitative estimate of drug-likeness (QED) is 0.920. The van der Waals surface area contributed by atoms with E-state index in [1.165, 1.54) is 0 Å². The first kappa shape index (κ1) is 13.1. The molecule has 1 atom stereocenters. The van der Waals surface area contributed by atoms with Gasteiger partial charge in [0.05, 0.1) is 0 Å². The van der Waals surface area contributed by atoms with Crippen molar-refractivity contribution in [2.45, 2.75) is 31.8 Å². The van der Waals surface area contributed by atoms with Crippen LogP contribution >= 0.6 is 0 Å². The Hall–Kier alpha value is -1.92. The van der Waals surface area contributed by atoms with Gasteiger partial charge in [0, 0.05) is 19.4 Å². The van der Waals surface area contributed by atoms with E-state index in [9.17, 15) is 5.11 Å². The molecule has 6 heteroatoms. The lowest BCUT2D eigenvalue weighted by Crippen LogP contribution is -2.40. The van der Waals surface area contributed by atoms with Crippen LogP contribution in [0, 0.1) is 0 Å². The van der Waals surface area contributed by atoms with Crippen LogP contribution < -0.4 is 0 Å². The highest BCUT2D eigenvalue weighted by Gasteiger charge is 2.32. The number of aromatic nitrogens is 3. The minimum Gasteiger partial charge on any atom is -0.508 e. The molecule has 6 nitrogen and oxygen atoms in total. The zero-order valence-electron chi connectivity index (χ0n) is 11.4.